The molecule has 0 amide bonds. The second kappa shape index (κ2) is 5.58. The van der Waals surface area contributed by atoms with Gasteiger partial charge in [-0.05, 0) is 19.4 Å². The molecule has 0 aliphatic carbocycles. The molecule has 0 radical (unpaired) electrons. The van der Waals surface area contributed by atoms with Crippen molar-refractivity contribution in [1.29, 1.82) is 0 Å². The molecule has 0 aromatic carbocycles. The largest absolute Gasteiger partial charge is 0.491 e. The lowest BCUT2D eigenvalue weighted by Gasteiger charge is -2.03. The van der Waals surface area contributed by atoms with Gasteiger partial charge in [0.1, 0.15) is 5.76 Å². The Hall–Kier alpha value is -1.05. The van der Waals surface area contributed by atoms with Crippen molar-refractivity contribution in [2.75, 3.05) is 6.61 Å². The third kappa shape index (κ3) is 3.96. The number of hydrogen-bond acceptors (Lipinski definition) is 1. The summed E-state index contributed by atoms with van der Waals surface area (Å²) in [7, 11) is 0. The third-order valence-electron chi connectivity index (χ3n) is 1.37. The summed E-state index contributed by atoms with van der Waals surface area (Å²) in [5.41, 5.74) is 0.730. The van der Waals surface area contributed by atoms with E-state index in [1.165, 1.54) is 6.08 Å². The number of hydrogen-bond donors (Lipinski definition) is 0. The first-order chi connectivity index (χ1) is 5.61. The first-order valence-corrected chi connectivity index (χ1v) is 3.98. The quantitative estimate of drug-likeness (QED) is 0.454. The van der Waals surface area contributed by atoms with E-state index in [1.54, 1.807) is 6.92 Å². The molecule has 12 heavy (non-hydrogen) atoms. The summed E-state index contributed by atoms with van der Waals surface area (Å²) < 4.78 is 17.9. The molecule has 0 unspecified atom stereocenters. The Labute approximate surface area is 73.2 Å². The van der Waals surface area contributed by atoms with E-state index in [9.17, 15) is 4.39 Å². The summed E-state index contributed by atoms with van der Waals surface area (Å²) >= 11 is 0. The molecular weight excluding hydrogens is 155 g/mol. The Morgan fingerprint density at radius 2 is 2.00 bits per heavy atom. The van der Waals surface area contributed by atoms with Crippen LogP contribution in [0.25, 0.3) is 0 Å². The average molecular weight is 170 g/mol. The van der Waals surface area contributed by atoms with Gasteiger partial charge in [0.2, 0.25) is 0 Å². The lowest BCUT2D eigenvalue weighted by atomic mass is 10.2. The third-order valence-corrected chi connectivity index (χ3v) is 1.37. The monoisotopic (exact) mass is 170 g/mol. The molecule has 0 spiro atoms. The van der Waals surface area contributed by atoms with Gasteiger partial charge in [0.25, 0.3) is 0 Å². The summed E-state index contributed by atoms with van der Waals surface area (Å²) in [4.78, 5) is 0. The summed E-state index contributed by atoms with van der Waals surface area (Å²) in [6.45, 7) is 11.2. The average Bonchev–Trinajstić information content (AvgIpc) is 2.04. The van der Waals surface area contributed by atoms with E-state index in [2.05, 4.69) is 13.2 Å². The fourth-order valence-corrected chi connectivity index (χ4v) is 0.605. The highest BCUT2D eigenvalue weighted by Crippen LogP contribution is 2.14. The fraction of sp³-hybridized carbons (Fsp3) is 0.400. The standard InChI is InChI=1S/C10H15FO/c1-5-8(3)7-10(11)9(4)12-6-2/h7H,3-6H2,1-2H3/b10-7+. The number of ether oxygens (including phenoxy) is 1. The lowest BCUT2D eigenvalue weighted by molar-refractivity contribution is 0.226. The molecule has 2 heteroatoms. The fourth-order valence-electron chi connectivity index (χ4n) is 0.605. The number of allylic oxidation sites excluding steroid dienone is 3. The van der Waals surface area contributed by atoms with Crippen LogP contribution >= 0.6 is 0 Å². The van der Waals surface area contributed by atoms with Crippen LogP contribution in [0.15, 0.2) is 36.4 Å². The van der Waals surface area contributed by atoms with Crippen LogP contribution in [0.1, 0.15) is 20.3 Å². The van der Waals surface area contributed by atoms with Gasteiger partial charge in [-0.2, -0.15) is 0 Å². The van der Waals surface area contributed by atoms with Crippen LogP contribution in [0.5, 0.6) is 0 Å². The zero-order valence-corrected chi connectivity index (χ0v) is 7.69. The van der Waals surface area contributed by atoms with Gasteiger partial charge < -0.3 is 4.74 Å². The molecule has 0 atom stereocenters. The number of rotatable bonds is 5. The molecule has 0 heterocycles. The van der Waals surface area contributed by atoms with Crippen molar-refractivity contribution in [3.05, 3.63) is 36.4 Å². The molecular formula is C10H15FO. The highest BCUT2D eigenvalue weighted by Gasteiger charge is 2.01. The van der Waals surface area contributed by atoms with E-state index in [1.807, 2.05) is 6.92 Å². The smallest absolute Gasteiger partial charge is 0.164 e. The molecule has 0 aliphatic heterocycles. The van der Waals surface area contributed by atoms with Gasteiger partial charge in [-0.1, -0.05) is 25.7 Å². The molecule has 0 saturated heterocycles. The summed E-state index contributed by atoms with van der Waals surface area (Å²) in [5, 5.41) is 0. The highest BCUT2D eigenvalue weighted by molar-refractivity contribution is 5.26. The SMILES string of the molecule is C=C(/C=C(/F)C(=C)OCC)CC. The minimum absolute atomic E-state index is 0.0760. The van der Waals surface area contributed by atoms with Gasteiger partial charge in [0, 0.05) is 0 Å². The first kappa shape index (κ1) is 11.0. The molecule has 1 nitrogen and oxygen atoms in total. The molecule has 0 rings (SSSR count). The summed E-state index contributed by atoms with van der Waals surface area (Å²) in [6.07, 6.45) is 2.07. The van der Waals surface area contributed by atoms with Gasteiger partial charge in [-0.25, -0.2) is 4.39 Å². The second-order valence-electron chi connectivity index (χ2n) is 2.36. The van der Waals surface area contributed by atoms with Gasteiger partial charge >= 0.3 is 0 Å². The van der Waals surface area contributed by atoms with Crippen LogP contribution in [-0.4, -0.2) is 6.61 Å². The molecule has 68 valence electrons. The van der Waals surface area contributed by atoms with E-state index in [-0.39, 0.29) is 5.76 Å². The summed E-state index contributed by atoms with van der Waals surface area (Å²) in [6, 6.07) is 0. The Kier molecular flexibility index (Phi) is 5.09. The van der Waals surface area contributed by atoms with E-state index in [4.69, 9.17) is 4.74 Å². The Bertz CT molecular complexity index is 204. The van der Waals surface area contributed by atoms with Gasteiger partial charge in [0.05, 0.1) is 6.61 Å². The van der Waals surface area contributed by atoms with E-state index in [0.29, 0.717) is 6.61 Å². The Morgan fingerprint density at radius 1 is 1.42 bits per heavy atom. The molecule has 0 aromatic rings. The molecule has 0 aliphatic rings. The van der Waals surface area contributed by atoms with Gasteiger partial charge in [0.15, 0.2) is 5.83 Å². The predicted octanol–water partition coefficient (Wildman–Crippen LogP) is 3.36. The normalized spacial score (nSPS) is 11.1. The van der Waals surface area contributed by atoms with Crippen LogP contribution in [0, 0.1) is 0 Å². The van der Waals surface area contributed by atoms with E-state index >= 15 is 0 Å². The second-order valence-corrected chi connectivity index (χ2v) is 2.36. The predicted molar refractivity (Wildman–Crippen MR) is 49.4 cm³/mol. The van der Waals surface area contributed by atoms with Gasteiger partial charge in [-0.3, -0.25) is 0 Å². The van der Waals surface area contributed by atoms with Crippen molar-refractivity contribution in [1.82, 2.24) is 0 Å². The lowest BCUT2D eigenvalue weighted by Crippen LogP contribution is -1.90. The van der Waals surface area contributed by atoms with E-state index < -0.39 is 5.83 Å². The number of halogens is 1. The molecule has 0 fully saturated rings. The van der Waals surface area contributed by atoms with Gasteiger partial charge in [-0.15, -0.1) is 0 Å². The highest BCUT2D eigenvalue weighted by atomic mass is 19.1. The van der Waals surface area contributed by atoms with Crippen molar-refractivity contribution in [2.45, 2.75) is 20.3 Å². The first-order valence-electron chi connectivity index (χ1n) is 3.98. The molecule has 0 bridgehead atoms. The van der Waals surface area contributed by atoms with Crippen molar-refractivity contribution in [3.63, 3.8) is 0 Å². The topological polar surface area (TPSA) is 9.23 Å². The maximum atomic E-state index is 13.0. The minimum atomic E-state index is -0.441. The van der Waals surface area contributed by atoms with Crippen molar-refractivity contribution < 1.29 is 9.13 Å². The summed E-state index contributed by atoms with van der Waals surface area (Å²) in [5.74, 6) is -0.365. The zero-order chi connectivity index (χ0) is 9.56. The Morgan fingerprint density at radius 3 is 2.42 bits per heavy atom. The van der Waals surface area contributed by atoms with Crippen LogP contribution in [0.3, 0.4) is 0 Å². The van der Waals surface area contributed by atoms with Crippen LogP contribution < -0.4 is 0 Å². The van der Waals surface area contributed by atoms with Crippen LogP contribution in [0.2, 0.25) is 0 Å². The maximum absolute atomic E-state index is 13.0. The maximum Gasteiger partial charge on any atom is 0.164 e. The Balaban J connectivity index is 4.17. The van der Waals surface area contributed by atoms with Crippen LogP contribution in [0.4, 0.5) is 4.39 Å². The molecule has 0 N–H and O–H groups in total. The minimum Gasteiger partial charge on any atom is -0.491 e. The molecule has 0 saturated carbocycles. The van der Waals surface area contributed by atoms with Crippen molar-refractivity contribution in [2.24, 2.45) is 0 Å². The zero-order valence-electron chi connectivity index (χ0n) is 7.69. The van der Waals surface area contributed by atoms with Crippen LogP contribution in [-0.2, 0) is 4.74 Å². The van der Waals surface area contributed by atoms with Crippen molar-refractivity contribution in [3.8, 4) is 0 Å². The van der Waals surface area contributed by atoms with E-state index in [0.717, 1.165) is 12.0 Å². The van der Waals surface area contributed by atoms with Crippen molar-refractivity contribution >= 4 is 0 Å². The molecule has 0 aromatic heterocycles.